The van der Waals surface area contributed by atoms with Gasteiger partial charge >= 0.3 is 11.9 Å². The second-order valence-corrected chi connectivity index (χ2v) is 18.3. The maximum absolute atomic E-state index is 12.3. The van der Waals surface area contributed by atoms with Crippen LogP contribution in [-0.2, 0) is 28.7 Å². The Morgan fingerprint density at radius 3 is 1.86 bits per heavy atom. The van der Waals surface area contributed by atoms with Gasteiger partial charge in [0.25, 0.3) is 0 Å². The van der Waals surface area contributed by atoms with Crippen molar-refractivity contribution in [3.63, 3.8) is 0 Å². The van der Waals surface area contributed by atoms with Crippen molar-refractivity contribution in [3.05, 3.63) is 47.5 Å². The fourth-order valence-electron chi connectivity index (χ4n) is 7.43. The lowest BCUT2D eigenvalue weighted by atomic mass is 9.97. The van der Waals surface area contributed by atoms with Gasteiger partial charge in [-0.05, 0) is 115 Å². The smallest absolute Gasteiger partial charge is 0.311 e. The molecule has 2 rings (SSSR count). The topological polar surface area (TPSA) is 117 Å². The Labute approximate surface area is 433 Å². The summed E-state index contributed by atoms with van der Waals surface area (Å²) in [5.74, 6) is 4.56. The number of piperazine rings is 1. The molecule has 0 bridgehead atoms. The van der Waals surface area contributed by atoms with Crippen LogP contribution >= 0.6 is 0 Å². The molecule has 10 nitrogen and oxygen atoms in total. The number of rotatable bonds is 31. The molecule has 2 N–H and O–H groups in total. The molecule has 0 aromatic heterocycles. The first kappa shape index (κ1) is 73.0. The summed E-state index contributed by atoms with van der Waals surface area (Å²) in [4.78, 5) is 51.9. The van der Waals surface area contributed by atoms with Crippen molar-refractivity contribution in [1.82, 2.24) is 20.4 Å². The van der Waals surface area contributed by atoms with Gasteiger partial charge in [-0.1, -0.05) is 158 Å². The SMILES string of the molecule is C#CC.CC.CC.CCCCC.CCCCC(=O)OC1=CCC(CCC)CC=C1.CCCCCC(C)CC(=O)O/C(C)=C/C=C(\C)CC(=O)CNCCCCN1CCN(CCCCCNC(C)=O)CC1. The van der Waals surface area contributed by atoms with Crippen molar-refractivity contribution < 1.29 is 28.7 Å². The molecule has 1 aliphatic carbocycles. The number of amides is 1. The van der Waals surface area contributed by atoms with Crippen molar-refractivity contribution in [2.75, 3.05) is 58.9 Å². The number of nitrogens with zero attached hydrogens (tertiary/aromatic N) is 2. The van der Waals surface area contributed by atoms with Crippen molar-refractivity contribution in [1.29, 1.82) is 0 Å². The number of esters is 2. The summed E-state index contributed by atoms with van der Waals surface area (Å²) in [5, 5.41) is 6.15. The number of ether oxygens (including phenoxy) is 2. The van der Waals surface area contributed by atoms with Crippen LogP contribution in [0.3, 0.4) is 0 Å². The third-order valence-corrected chi connectivity index (χ3v) is 11.3. The van der Waals surface area contributed by atoms with Crippen molar-refractivity contribution in [2.24, 2.45) is 11.8 Å². The number of nitrogens with one attached hydrogen (secondary N) is 2. The minimum Gasteiger partial charge on any atom is -0.431 e. The van der Waals surface area contributed by atoms with Crippen LogP contribution in [0.1, 0.15) is 232 Å². The zero-order chi connectivity index (χ0) is 53.6. The predicted molar refractivity (Wildman–Crippen MR) is 302 cm³/mol. The number of hydrogen-bond acceptors (Lipinski definition) is 9. The highest BCUT2D eigenvalue weighted by Gasteiger charge is 2.16. The largest absolute Gasteiger partial charge is 0.431 e. The third kappa shape index (κ3) is 52.3. The zero-order valence-electron chi connectivity index (χ0n) is 48.2. The minimum atomic E-state index is -0.181. The molecular weight excluding hydrogens is 873 g/mol. The molecule has 2 unspecified atom stereocenters. The van der Waals surface area contributed by atoms with E-state index in [1.165, 1.54) is 57.8 Å². The molecule has 70 heavy (non-hydrogen) atoms. The quantitative estimate of drug-likeness (QED) is 0.0230. The first-order chi connectivity index (χ1) is 33.8. The monoisotopic (exact) mass is 985 g/mol. The Bertz CT molecular complexity index is 1400. The summed E-state index contributed by atoms with van der Waals surface area (Å²) in [6.45, 7) is 36.8. The van der Waals surface area contributed by atoms with Gasteiger partial charge in [-0.3, -0.25) is 19.2 Å². The fraction of sp³-hybridized carbons (Fsp3) is 0.767. The summed E-state index contributed by atoms with van der Waals surface area (Å²) >= 11 is 0. The highest BCUT2D eigenvalue weighted by Crippen LogP contribution is 2.22. The summed E-state index contributed by atoms with van der Waals surface area (Å²) in [6.07, 6.45) is 36.6. The van der Waals surface area contributed by atoms with Gasteiger partial charge in [-0.25, -0.2) is 0 Å². The molecule has 1 amide bonds. The van der Waals surface area contributed by atoms with E-state index in [0.717, 1.165) is 121 Å². The number of terminal acetylenes is 1. The van der Waals surface area contributed by atoms with Gasteiger partial charge in [0, 0.05) is 58.9 Å². The Morgan fingerprint density at radius 2 is 1.31 bits per heavy atom. The maximum atomic E-state index is 12.3. The van der Waals surface area contributed by atoms with Gasteiger partial charge in [0.1, 0.15) is 11.5 Å². The Kier molecular flexibility index (Phi) is 58.8. The van der Waals surface area contributed by atoms with Gasteiger partial charge in [-0.15, -0.1) is 12.3 Å². The summed E-state index contributed by atoms with van der Waals surface area (Å²) < 4.78 is 10.8. The second kappa shape index (κ2) is 56.4. The number of allylic oxidation sites excluding steroid dienone is 7. The molecule has 0 spiro atoms. The molecule has 0 saturated carbocycles. The van der Waals surface area contributed by atoms with E-state index in [0.29, 0.717) is 43.4 Å². The van der Waals surface area contributed by atoms with Crippen LogP contribution < -0.4 is 10.6 Å². The molecule has 1 heterocycles. The van der Waals surface area contributed by atoms with Crippen LogP contribution in [0.2, 0.25) is 0 Å². The molecule has 1 saturated heterocycles. The molecule has 1 fully saturated rings. The van der Waals surface area contributed by atoms with Crippen LogP contribution in [0, 0.1) is 24.2 Å². The van der Waals surface area contributed by atoms with E-state index in [-0.39, 0.29) is 23.6 Å². The van der Waals surface area contributed by atoms with Gasteiger partial charge in [0.15, 0.2) is 5.78 Å². The Balaban J connectivity index is -0.000000612. The molecule has 0 aromatic carbocycles. The summed E-state index contributed by atoms with van der Waals surface area (Å²) in [7, 11) is 0. The Hall–Kier alpha value is -3.52. The van der Waals surface area contributed by atoms with Gasteiger partial charge in [0.05, 0.1) is 6.54 Å². The second-order valence-electron chi connectivity index (χ2n) is 18.3. The number of unbranched alkanes of at least 4 members (excludes halogenated alkanes) is 8. The number of ketones is 1. The van der Waals surface area contributed by atoms with Gasteiger partial charge in [0.2, 0.25) is 5.91 Å². The van der Waals surface area contributed by atoms with E-state index in [1.807, 2.05) is 46.8 Å². The van der Waals surface area contributed by atoms with Gasteiger partial charge < -0.3 is 29.9 Å². The number of hydrogen-bond donors (Lipinski definition) is 2. The number of carbonyl (C=O) groups is 4. The van der Waals surface area contributed by atoms with E-state index in [1.54, 1.807) is 26.8 Å². The number of carbonyl (C=O) groups excluding carboxylic acids is 4. The molecule has 0 aromatic rings. The van der Waals surface area contributed by atoms with E-state index in [9.17, 15) is 19.2 Å². The van der Waals surface area contributed by atoms with E-state index < -0.39 is 0 Å². The maximum Gasteiger partial charge on any atom is 0.311 e. The highest BCUT2D eigenvalue weighted by molar-refractivity contribution is 5.82. The van der Waals surface area contributed by atoms with Gasteiger partial charge in [-0.2, -0.15) is 0 Å². The summed E-state index contributed by atoms with van der Waals surface area (Å²) in [6, 6.07) is 0. The fourth-order valence-corrected chi connectivity index (χ4v) is 7.43. The lowest BCUT2D eigenvalue weighted by Gasteiger charge is -2.34. The average Bonchev–Trinajstić information content (AvgIpc) is 3.57. The molecule has 2 aliphatic rings. The number of Topliss-reactive ketones (excluding diaryl/α,β-unsaturated/α-hetero) is 1. The van der Waals surface area contributed by atoms with Crippen molar-refractivity contribution in [3.8, 4) is 12.3 Å². The standard InChI is InChI=1S/C33H60N4O4.C15H24O2.C5H12.C3H4.2C2H6/c1-6-7-9-14-28(2)26-33(40)41-30(4)16-15-29(3)25-32(39)27-34-17-11-13-20-37-23-21-36(22-24-37)19-12-8-10-18-35-31(5)38;1-3-5-10-15(16)17-14-9-6-8-13(7-4-2)11-12-14;1-3-5-4-2;1-3-2;2*1-2/h15-16,28,34H,6-14,17-27H2,1-5H3,(H,35,38);6,9,12-13H,3-5,7-8,10-11H2,1-2H3;3-5H2,1-2H3;1H,2H3;2*1-2H3/b29-15+,30-16+;;;;;. The lowest BCUT2D eigenvalue weighted by molar-refractivity contribution is -0.140. The van der Waals surface area contributed by atoms with E-state index >= 15 is 0 Å². The lowest BCUT2D eigenvalue weighted by Crippen LogP contribution is -2.46. The minimum absolute atomic E-state index is 0.0584. The highest BCUT2D eigenvalue weighted by atomic mass is 16.5. The van der Waals surface area contributed by atoms with Crippen LogP contribution in [0.4, 0.5) is 0 Å². The first-order valence-electron chi connectivity index (χ1n) is 28.2. The Morgan fingerprint density at radius 1 is 0.743 bits per heavy atom. The van der Waals surface area contributed by atoms with Crippen LogP contribution in [-0.4, -0.2) is 92.3 Å². The van der Waals surface area contributed by atoms with Crippen LogP contribution in [0.25, 0.3) is 0 Å². The van der Waals surface area contributed by atoms with Crippen LogP contribution in [0.5, 0.6) is 0 Å². The van der Waals surface area contributed by atoms with E-state index in [4.69, 9.17) is 9.47 Å². The zero-order valence-corrected chi connectivity index (χ0v) is 48.2. The molecule has 2 atom stereocenters. The molecular formula is C60H112N4O6. The van der Waals surface area contributed by atoms with Crippen LogP contribution in [0.15, 0.2) is 47.5 Å². The summed E-state index contributed by atoms with van der Waals surface area (Å²) in [5.41, 5.74) is 0.962. The first-order valence-corrected chi connectivity index (χ1v) is 28.2. The molecule has 0 radical (unpaired) electrons. The van der Waals surface area contributed by atoms with Crippen molar-refractivity contribution in [2.45, 2.75) is 232 Å². The van der Waals surface area contributed by atoms with Crippen molar-refractivity contribution >= 4 is 23.6 Å². The predicted octanol–water partition coefficient (Wildman–Crippen LogP) is 14.5. The molecule has 1 aliphatic heterocycles. The third-order valence-electron chi connectivity index (χ3n) is 11.3. The average molecular weight is 986 g/mol. The molecule has 10 heteroatoms. The van der Waals surface area contributed by atoms with E-state index in [2.05, 4.69) is 86.5 Å². The normalized spacial score (nSPS) is 15.0. The molecule has 408 valence electrons.